The van der Waals surface area contributed by atoms with Gasteiger partial charge in [-0.1, -0.05) is 15.9 Å². The Balaban J connectivity index is 2.22. The molecule has 0 saturated carbocycles. The average molecular weight is 294 g/mol. The van der Waals surface area contributed by atoms with Crippen molar-refractivity contribution in [2.24, 2.45) is 7.05 Å². The Morgan fingerprint density at radius 3 is 2.76 bits per heavy atom. The number of amides is 1. The van der Waals surface area contributed by atoms with Gasteiger partial charge in [0.05, 0.1) is 0 Å². The molecule has 2 rings (SSSR count). The van der Waals surface area contributed by atoms with E-state index >= 15 is 0 Å². The van der Waals surface area contributed by atoms with Gasteiger partial charge in [-0.2, -0.15) is 5.10 Å². The smallest absolute Gasteiger partial charge is 0.273 e. The molecule has 0 radical (unpaired) electrons. The van der Waals surface area contributed by atoms with Crippen molar-refractivity contribution in [1.82, 2.24) is 9.78 Å². The van der Waals surface area contributed by atoms with Crippen molar-refractivity contribution in [2.75, 3.05) is 5.32 Å². The molecule has 0 unspecified atom stereocenters. The second-order valence-electron chi connectivity index (χ2n) is 3.75. The van der Waals surface area contributed by atoms with E-state index in [0.717, 1.165) is 15.7 Å². The minimum atomic E-state index is -0.157. The third kappa shape index (κ3) is 2.55. The number of carbonyl (C=O) groups is 1. The molecule has 4 nitrogen and oxygen atoms in total. The number of benzene rings is 1. The van der Waals surface area contributed by atoms with E-state index in [1.165, 1.54) is 0 Å². The van der Waals surface area contributed by atoms with Crippen LogP contribution in [0.15, 0.2) is 34.9 Å². The average Bonchev–Trinajstić information content (AvgIpc) is 2.68. The molecule has 0 aliphatic carbocycles. The summed E-state index contributed by atoms with van der Waals surface area (Å²) in [6.07, 6.45) is 1.60. The van der Waals surface area contributed by atoms with Gasteiger partial charge in [-0.3, -0.25) is 9.48 Å². The monoisotopic (exact) mass is 293 g/mol. The van der Waals surface area contributed by atoms with E-state index in [4.69, 9.17) is 0 Å². The predicted molar refractivity (Wildman–Crippen MR) is 70.0 cm³/mol. The second kappa shape index (κ2) is 4.71. The van der Waals surface area contributed by atoms with Gasteiger partial charge in [-0.25, -0.2) is 0 Å². The quantitative estimate of drug-likeness (QED) is 0.925. The molecule has 1 N–H and O–H groups in total. The van der Waals surface area contributed by atoms with E-state index < -0.39 is 0 Å². The number of nitrogens with zero attached hydrogens (tertiary/aromatic N) is 2. The zero-order valence-corrected chi connectivity index (χ0v) is 11.2. The van der Waals surface area contributed by atoms with Gasteiger partial charge < -0.3 is 5.32 Å². The molecule has 1 amide bonds. The van der Waals surface area contributed by atoms with Crippen LogP contribution in [0.25, 0.3) is 0 Å². The Labute approximate surface area is 108 Å². The summed E-state index contributed by atoms with van der Waals surface area (Å²) in [7, 11) is 1.74. The first-order chi connectivity index (χ1) is 8.08. The molecule has 0 atom stereocenters. The summed E-state index contributed by atoms with van der Waals surface area (Å²) in [5.41, 5.74) is 2.35. The van der Waals surface area contributed by atoms with Gasteiger partial charge >= 0.3 is 0 Å². The summed E-state index contributed by atoms with van der Waals surface area (Å²) < 4.78 is 2.54. The van der Waals surface area contributed by atoms with Crippen LogP contribution >= 0.6 is 15.9 Å². The summed E-state index contributed by atoms with van der Waals surface area (Å²) >= 11 is 3.39. The Hall–Kier alpha value is -1.62. The molecule has 88 valence electrons. The van der Waals surface area contributed by atoms with Crippen molar-refractivity contribution in [3.05, 3.63) is 46.2 Å². The van der Waals surface area contributed by atoms with Gasteiger partial charge in [-0.15, -0.1) is 0 Å². The summed E-state index contributed by atoms with van der Waals surface area (Å²) in [5.74, 6) is -0.157. The summed E-state index contributed by atoms with van der Waals surface area (Å²) in [6, 6.07) is 7.40. The predicted octanol–water partition coefficient (Wildman–Crippen LogP) is 2.74. The van der Waals surface area contributed by atoms with Gasteiger partial charge in [-0.05, 0) is 36.8 Å². The van der Waals surface area contributed by atoms with Crippen LogP contribution in [0.1, 0.15) is 16.1 Å². The lowest BCUT2D eigenvalue weighted by Gasteiger charge is -2.08. The third-order valence-corrected chi connectivity index (χ3v) is 2.98. The molecule has 0 saturated heterocycles. The molecular weight excluding hydrogens is 282 g/mol. The molecule has 2 aromatic rings. The van der Waals surface area contributed by atoms with Crippen LogP contribution in [0.3, 0.4) is 0 Å². The van der Waals surface area contributed by atoms with Crippen molar-refractivity contribution in [2.45, 2.75) is 6.92 Å². The lowest BCUT2D eigenvalue weighted by molar-refractivity contribution is 0.101. The molecule has 5 heteroatoms. The number of rotatable bonds is 2. The Bertz CT molecular complexity index is 563. The van der Waals surface area contributed by atoms with E-state index in [2.05, 4.69) is 26.3 Å². The number of hydrogen-bond donors (Lipinski definition) is 1. The van der Waals surface area contributed by atoms with Gasteiger partial charge in [0.15, 0.2) is 0 Å². The minimum absolute atomic E-state index is 0.157. The van der Waals surface area contributed by atoms with Gasteiger partial charge in [0.2, 0.25) is 0 Å². The van der Waals surface area contributed by atoms with Crippen LogP contribution in [-0.4, -0.2) is 15.7 Å². The summed E-state index contributed by atoms with van der Waals surface area (Å²) in [5, 5.41) is 6.82. The summed E-state index contributed by atoms with van der Waals surface area (Å²) in [4.78, 5) is 11.9. The maximum atomic E-state index is 11.9. The van der Waals surface area contributed by atoms with Gasteiger partial charge in [0.25, 0.3) is 5.91 Å². The van der Waals surface area contributed by atoms with Crippen LogP contribution < -0.4 is 5.32 Å². The maximum Gasteiger partial charge on any atom is 0.273 e. The fraction of sp³-hybridized carbons (Fsp3) is 0.167. The zero-order chi connectivity index (χ0) is 12.4. The molecule has 1 heterocycles. The van der Waals surface area contributed by atoms with Gasteiger partial charge in [0, 0.05) is 23.4 Å². The van der Waals surface area contributed by atoms with Crippen molar-refractivity contribution in [3.8, 4) is 0 Å². The number of carbonyl (C=O) groups excluding carboxylic acids is 1. The van der Waals surface area contributed by atoms with Crippen LogP contribution in [0, 0.1) is 6.92 Å². The molecule has 0 bridgehead atoms. The second-order valence-corrected chi connectivity index (χ2v) is 4.67. The molecule has 1 aromatic heterocycles. The number of aryl methyl sites for hydroxylation is 2. The lowest BCUT2D eigenvalue weighted by Crippen LogP contribution is -2.16. The number of hydrogen-bond acceptors (Lipinski definition) is 2. The highest BCUT2D eigenvalue weighted by Gasteiger charge is 2.10. The largest absolute Gasteiger partial charge is 0.320 e. The number of halogens is 1. The molecule has 0 spiro atoms. The van der Waals surface area contributed by atoms with E-state index in [9.17, 15) is 4.79 Å². The SMILES string of the molecule is Cc1cc(Br)ccc1NC(=O)c1ccnn1C. The molecule has 0 aliphatic rings. The zero-order valence-electron chi connectivity index (χ0n) is 9.57. The highest BCUT2D eigenvalue weighted by atomic mass is 79.9. The van der Waals surface area contributed by atoms with Crippen LogP contribution in [0.4, 0.5) is 5.69 Å². The number of anilines is 1. The highest BCUT2D eigenvalue weighted by Crippen LogP contribution is 2.20. The summed E-state index contributed by atoms with van der Waals surface area (Å²) in [6.45, 7) is 1.95. The first-order valence-corrected chi connectivity index (χ1v) is 5.93. The van der Waals surface area contributed by atoms with E-state index in [1.807, 2.05) is 25.1 Å². The number of aromatic nitrogens is 2. The first-order valence-electron chi connectivity index (χ1n) is 5.13. The maximum absolute atomic E-state index is 11.9. The normalized spacial score (nSPS) is 10.3. The fourth-order valence-corrected chi connectivity index (χ4v) is 2.03. The van der Waals surface area contributed by atoms with Crippen LogP contribution in [0.5, 0.6) is 0 Å². The first kappa shape index (κ1) is 11.9. The Morgan fingerprint density at radius 1 is 1.41 bits per heavy atom. The van der Waals surface area contributed by atoms with E-state index in [0.29, 0.717) is 5.69 Å². The van der Waals surface area contributed by atoms with Crippen LogP contribution in [0.2, 0.25) is 0 Å². The van der Waals surface area contributed by atoms with E-state index in [-0.39, 0.29) is 5.91 Å². The molecule has 0 aliphatic heterocycles. The molecule has 0 fully saturated rings. The third-order valence-electron chi connectivity index (χ3n) is 2.49. The molecule has 1 aromatic carbocycles. The van der Waals surface area contributed by atoms with E-state index in [1.54, 1.807) is 24.0 Å². The minimum Gasteiger partial charge on any atom is -0.320 e. The standard InChI is InChI=1S/C12H12BrN3O/c1-8-7-9(13)3-4-10(8)15-12(17)11-5-6-14-16(11)2/h3-7H,1-2H3,(H,15,17). The van der Waals surface area contributed by atoms with Crippen molar-refractivity contribution < 1.29 is 4.79 Å². The molecule has 17 heavy (non-hydrogen) atoms. The molecular formula is C12H12BrN3O. The van der Waals surface area contributed by atoms with Crippen molar-refractivity contribution in [3.63, 3.8) is 0 Å². The van der Waals surface area contributed by atoms with Gasteiger partial charge in [0.1, 0.15) is 5.69 Å². The van der Waals surface area contributed by atoms with Crippen molar-refractivity contribution >= 4 is 27.5 Å². The lowest BCUT2D eigenvalue weighted by atomic mass is 10.2. The topological polar surface area (TPSA) is 46.9 Å². The number of nitrogens with one attached hydrogen (secondary N) is 1. The highest BCUT2D eigenvalue weighted by molar-refractivity contribution is 9.10. The van der Waals surface area contributed by atoms with Crippen molar-refractivity contribution in [1.29, 1.82) is 0 Å². The fourth-order valence-electron chi connectivity index (χ4n) is 1.55. The Morgan fingerprint density at radius 2 is 2.18 bits per heavy atom. The Kier molecular flexibility index (Phi) is 3.28. The van der Waals surface area contributed by atoms with Crippen LogP contribution in [-0.2, 0) is 7.05 Å².